The van der Waals surface area contributed by atoms with Gasteiger partial charge in [0.1, 0.15) is 0 Å². The number of aromatic nitrogens is 1. The molecule has 1 saturated heterocycles. The Morgan fingerprint density at radius 3 is 3.29 bits per heavy atom. The maximum Gasteiger partial charge on any atom is 0.0983 e. The lowest BCUT2D eigenvalue weighted by Crippen LogP contribution is -2.01. The van der Waals surface area contributed by atoms with Gasteiger partial charge >= 0.3 is 0 Å². The summed E-state index contributed by atoms with van der Waals surface area (Å²) in [5, 5.41) is 3.40. The Balaban J connectivity index is 1.94. The molecule has 4 heteroatoms. The Morgan fingerprint density at radius 2 is 2.57 bits per heavy atom. The maximum absolute atomic E-state index is 5.46. The van der Waals surface area contributed by atoms with Crippen molar-refractivity contribution in [2.45, 2.75) is 25.2 Å². The average Bonchev–Trinajstić information content (AvgIpc) is 2.85. The van der Waals surface area contributed by atoms with E-state index >= 15 is 0 Å². The third-order valence-electron chi connectivity index (χ3n) is 2.49. The van der Waals surface area contributed by atoms with Crippen LogP contribution >= 0.6 is 11.3 Å². The van der Waals surface area contributed by atoms with Crippen molar-refractivity contribution in [3.63, 3.8) is 0 Å². The van der Waals surface area contributed by atoms with E-state index in [-0.39, 0.29) is 0 Å². The van der Waals surface area contributed by atoms with Crippen LogP contribution in [0.25, 0.3) is 0 Å². The lowest BCUT2D eigenvalue weighted by molar-refractivity contribution is 0.194. The summed E-state index contributed by atoms with van der Waals surface area (Å²) < 4.78 is 5.35. The third kappa shape index (κ3) is 2.32. The SMILES string of the molecule is NCCCc1csc(C2CCOC2)n1. The van der Waals surface area contributed by atoms with Gasteiger partial charge in [0.25, 0.3) is 0 Å². The molecule has 1 aliphatic heterocycles. The molecule has 0 bridgehead atoms. The van der Waals surface area contributed by atoms with Crippen molar-refractivity contribution in [2.75, 3.05) is 19.8 Å². The second-order valence-electron chi connectivity index (χ2n) is 3.63. The molecule has 2 rings (SSSR count). The van der Waals surface area contributed by atoms with Gasteiger partial charge in [-0.2, -0.15) is 0 Å². The normalized spacial score (nSPS) is 21.6. The number of hydrogen-bond acceptors (Lipinski definition) is 4. The van der Waals surface area contributed by atoms with Crippen LogP contribution < -0.4 is 5.73 Å². The minimum atomic E-state index is 0.548. The second-order valence-corrected chi connectivity index (χ2v) is 4.52. The average molecular weight is 212 g/mol. The molecule has 14 heavy (non-hydrogen) atoms. The van der Waals surface area contributed by atoms with E-state index < -0.39 is 0 Å². The molecular formula is C10H16N2OS. The van der Waals surface area contributed by atoms with Crippen molar-refractivity contribution >= 4 is 11.3 Å². The van der Waals surface area contributed by atoms with Crippen molar-refractivity contribution in [1.82, 2.24) is 4.98 Å². The number of nitrogens with two attached hydrogens (primary N) is 1. The van der Waals surface area contributed by atoms with Gasteiger partial charge in [-0.25, -0.2) is 4.98 Å². The van der Waals surface area contributed by atoms with E-state index in [2.05, 4.69) is 10.4 Å². The maximum atomic E-state index is 5.46. The Bertz CT molecular complexity index is 281. The molecular weight excluding hydrogens is 196 g/mol. The fraction of sp³-hybridized carbons (Fsp3) is 0.700. The van der Waals surface area contributed by atoms with Gasteiger partial charge in [-0.15, -0.1) is 11.3 Å². The van der Waals surface area contributed by atoms with Gasteiger partial charge in [0.2, 0.25) is 0 Å². The van der Waals surface area contributed by atoms with Crippen LogP contribution in [0.4, 0.5) is 0 Å². The molecule has 78 valence electrons. The largest absolute Gasteiger partial charge is 0.381 e. The highest BCUT2D eigenvalue weighted by Gasteiger charge is 2.20. The van der Waals surface area contributed by atoms with Gasteiger partial charge in [-0.05, 0) is 25.8 Å². The Morgan fingerprint density at radius 1 is 1.64 bits per heavy atom. The molecule has 1 fully saturated rings. The fourth-order valence-electron chi connectivity index (χ4n) is 1.64. The summed E-state index contributed by atoms with van der Waals surface area (Å²) in [6, 6.07) is 0. The van der Waals surface area contributed by atoms with Crippen LogP contribution in [0, 0.1) is 0 Å². The predicted molar refractivity (Wildman–Crippen MR) is 57.7 cm³/mol. The van der Waals surface area contributed by atoms with E-state index in [1.54, 1.807) is 11.3 Å². The van der Waals surface area contributed by atoms with Crippen molar-refractivity contribution in [2.24, 2.45) is 5.73 Å². The summed E-state index contributed by atoms with van der Waals surface area (Å²) >= 11 is 1.77. The van der Waals surface area contributed by atoms with E-state index in [4.69, 9.17) is 10.5 Å². The molecule has 0 aliphatic carbocycles. The monoisotopic (exact) mass is 212 g/mol. The third-order valence-corrected chi connectivity index (χ3v) is 3.54. The van der Waals surface area contributed by atoms with Gasteiger partial charge in [0.15, 0.2) is 0 Å². The van der Waals surface area contributed by atoms with Crippen molar-refractivity contribution in [1.29, 1.82) is 0 Å². The zero-order chi connectivity index (χ0) is 9.80. The number of nitrogens with zero attached hydrogens (tertiary/aromatic N) is 1. The topological polar surface area (TPSA) is 48.1 Å². The van der Waals surface area contributed by atoms with Crippen molar-refractivity contribution < 1.29 is 4.74 Å². The summed E-state index contributed by atoms with van der Waals surface area (Å²) in [5.74, 6) is 0.548. The highest BCUT2D eigenvalue weighted by atomic mass is 32.1. The van der Waals surface area contributed by atoms with Crippen LogP contribution in [0.1, 0.15) is 29.5 Å². The minimum Gasteiger partial charge on any atom is -0.381 e. The highest BCUT2D eigenvalue weighted by Crippen LogP contribution is 2.27. The highest BCUT2D eigenvalue weighted by molar-refractivity contribution is 7.09. The summed E-state index contributed by atoms with van der Waals surface area (Å²) in [6.45, 7) is 2.49. The Labute approximate surface area is 88.3 Å². The number of rotatable bonds is 4. The number of hydrogen-bond donors (Lipinski definition) is 1. The number of aryl methyl sites for hydroxylation is 1. The van der Waals surface area contributed by atoms with E-state index in [0.717, 1.165) is 39.0 Å². The van der Waals surface area contributed by atoms with Gasteiger partial charge in [-0.1, -0.05) is 0 Å². The zero-order valence-electron chi connectivity index (χ0n) is 8.24. The molecule has 1 atom stereocenters. The molecule has 2 heterocycles. The Kier molecular flexibility index (Phi) is 3.50. The van der Waals surface area contributed by atoms with Crippen LogP contribution in [0.15, 0.2) is 5.38 Å². The van der Waals surface area contributed by atoms with E-state index in [1.165, 1.54) is 10.7 Å². The van der Waals surface area contributed by atoms with Crippen LogP contribution in [-0.4, -0.2) is 24.7 Å². The van der Waals surface area contributed by atoms with E-state index in [0.29, 0.717) is 5.92 Å². The molecule has 1 aliphatic rings. The van der Waals surface area contributed by atoms with Crippen LogP contribution in [0.2, 0.25) is 0 Å². The first-order valence-corrected chi connectivity index (χ1v) is 6.00. The summed E-state index contributed by atoms with van der Waals surface area (Å²) in [5.41, 5.74) is 6.66. The lowest BCUT2D eigenvalue weighted by Gasteiger charge is -2.00. The fourth-order valence-corrected chi connectivity index (χ4v) is 2.61. The lowest BCUT2D eigenvalue weighted by atomic mass is 10.1. The summed E-state index contributed by atoms with van der Waals surface area (Å²) in [4.78, 5) is 4.61. The second kappa shape index (κ2) is 4.87. The van der Waals surface area contributed by atoms with Crippen LogP contribution in [0.3, 0.4) is 0 Å². The van der Waals surface area contributed by atoms with Gasteiger partial charge in [0.05, 0.1) is 17.3 Å². The van der Waals surface area contributed by atoms with E-state index in [1.807, 2.05) is 0 Å². The molecule has 0 amide bonds. The number of ether oxygens (including phenoxy) is 1. The summed E-state index contributed by atoms with van der Waals surface area (Å²) in [6.07, 6.45) is 3.18. The minimum absolute atomic E-state index is 0.548. The predicted octanol–water partition coefficient (Wildman–Crippen LogP) is 1.54. The molecule has 1 aromatic heterocycles. The van der Waals surface area contributed by atoms with Crippen molar-refractivity contribution in [3.05, 3.63) is 16.1 Å². The molecule has 0 radical (unpaired) electrons. The molecule has 1 unspecified atom stereocenters. The van der Waals surface area contributed by atoms with Crippen LogP contribution in [-0.2, 0) is 11.2 Å². The molecule has 0 aromatic carbocycles. The zero-order valence-corrected chi connectivity index (χ0v) is 9.05. The van der Waals surface area contributed by atoms with E-state index in [9.17, 15) is 0 Å². The van der Waals surface area contributed by atoms with Crippen molar-refractivity contribution in [3.8, 4) is 0 Å². The van der Waals surface area contributed by atoms with Gasteiger partial charge in [0, 0.05) is 17.9 Å². The molecule has 0 spiro atoms. The van der Waals surface area contributed by atoms with Crippen LogP contribution in [0.5, 0.6) is 0 Å². The first-order chi connectivity index (χ1) is 6.90. The quantitative estimate of drug-likeness (QED) is 0.823. The molecule has 0 saturated carbocycles. The molecule has 2 N–H and O–H groups in total. The molecule has 1 aromatic rings. The Hall–Kier alpha value is -0.450. The first-order valence-electron chi connectivity index (χ1n) is 5.12. The smallest absolute Gasteiger partial charge is 0.0983 e. The molecule has 3 nitrogen and oxygen atoms in total. The van der Waals surface area contributed by atoms with Gasteiger partial charge in [-0.3, -0.25) is 0 Å². The standard InChI is InChI=1S/C10H16N2OS/c11-4-1-2-9-7-14-10(12-9)8-3-5-13-6-8/h7-8H,1-6,11H2. The summed E-state index contributed by atoms with van der Waals surface area (Å²) in [7, 11) is 0. The first kappa shape index (κ1) is 10.1. The number of thiazole rings is 1. The van der Waals surface area contributed by atoms with Gasteiger partial charge < -0.3 is 10.5 Å².